The van der Waals surface area contributed by atoms with Gasteiger partial charge in [0.25, 0.3) is 11.5 Å². The van der Waals surface area contributed by atoms with Crippen molar-refractivity contribution in [3.05, 3.63) is 68.8 Å². The van der Waals surface area contributed by atoms with E-state index in [1.54, 1.807) is 6.20 Å². The maximum atomic E-state index is 13.9. The Morgan fingerprint density at radius 1 is 1.07 bits per heavy atom. The lowest BCUT2D eigenvalue weighted by atomic mass is 9.80. The van der Waals surface area contributed by atoms with Gasteiger partial charge < -0.3 is 20.5 Å². The Labute approximate surface area is 260 Å². The first-order valence-electron chi connectivity index (χ1n) is 15.7. The Hall–Kier alpha value is -3.72. The van der Waals surface area contributed by atoms with Crippen molar-refractivity contribution >= 4 is 28.3 Å². The number of hydrogen-bond acceptors (Lipinski definition) is 5. The minimum absolute atomic E-state index is 0.117. The summed E-state index contributed by atoms with van der Waals surface area (Å²) >= 11 is 0. The second-order valence-corrected chi connectivity index (χ2v) is 15.0. The third kappa shape index (κ3) is 6.53. The highest BCUT2D eigenvalue weighted by molar-refractivity contribution is 6.07. The summed E-state index contributed by atoms with van der Waals surface area (Å²) in [6.07, 6.45) is 6.45. The number of carbonyl (C=O) groups is 2. The number of hydrogen-bond donors (Lipinski definition) is 3. The molecule has 5 rings (SSSR count). The largest absolute Gasteiger partial charge is 0.348 e. The van der Waals surface area contributed by atoms with Crippen molar-refractivity contribution < 1.29 is 9.59 Å². The SMILES string of the molecule is Cc1cc(C)c(CNC(=O)c2cc(C3=CC(C)(C)NC(C)(C)C3)cc3c2cnn3C2CCN(C(=O)C(C)(C)C)CC2)c(=O)[nH]1. The topological polar surface area (TPSA) is 112 Å². The van der Waals surface area contributed by atoms with E-state index in [2.05, 4.69) is 60.1 Å². The summed E-state index contributed by atoms with van der Waals surface area (Å²) in [5, 5.41) is 12.3. The summed E-state index contributed by atoms with van der Waals surface area (Å²) in [5.74, 6) is -0.0670. The van der Waals surface area contributed by atoms with Crippen LogP contribution in [0.15, 0.2) is 35.3 Å². The molecule has 1 fully saturated rings. The average molecular weight is 601 g/mol. The number of aromatic amines is 1. The van der Waals surface area contributed by atoms with Crippen LogP contribution in [-0.2, 0) is 11.3 Å². The van der Waals surface area contributed by atoms with Gasteiger partial charge in [0.2, 0.25) is 5.91 Å². The van der Waals surface area contributed by atoms with E-state index in [1.807, 2.05) is 51.7 Å². The molecule has 2 aliphatic heterocycles. The van der Waals surface area contributed by atoms with Crippen molar-refractivity contribution in [1.29, 1.82) is 0 Å². The molecule has 0 saturated carbocycles. The van der Waals surface area contributed by atoms with Crippen LogP contribution in [0, 0.1) is 19.3 Å². The lowest BCUT2D eigenvalue weighted by Gasteiger charge is -2.41. The number of aromatic nitrogens is 3. The quantitative estimate of drug-likeness (QED) is 0.362. The predicted octanol–water partition coefficient (Wildman–Crippen LogP) is 5.41. The molecule has 0 unspecified atom stereocenters. The molecule has 0 radical (unpaired) electrons. The first kappa shape index (κ1) is 31.7. The lowest BCUT2D eigenvalue weighted by molar-refractivity contribution is -0.140. The van der Waals surface area contributed by atoms with Crippen molar-refractivity contribution in [3.63, 3.8) is 0 Å². The zero-order chi connectivity index (χ0) is 32.2. The molecule has 3 aromatic rings. The van der Waals surface area contributed by atoms with Gasteiger partial charge in [-0.2, -0.15) is 5.10 Å². The van der Waals surface area contributed by atoms with Gasteiger partial charge in [-0.1, -0.05) is 26.8 Å². The summed E-state index contributed by atoms with van der Waals surface area (Å²) in [4.78, 5) is 44.2. The number of fused-ring (bicyclic) bond motifs is 1. The third-order valence-corrected chi connectivity index (χ3v) is 8.82. The molecular weight excluding hydrogens is 552 g/mol. The summed E-state index contributed by atoms with van der Waals surface area (Å²) in [7, 11) is 0. The molecule has 1 aromatic carbocycles. The van der Waals surface area contributed by atoms with E-state index >= 15 is 0 Å². The van der Waals surface area contributed by atoms with Crippen LogP contribution in [0.3, 0.4) is 0 Å². The van der Waals surface area contributed by atoms with Crippen LogP contribution < -0.4 is 16.2 Å². The normalized spacial score (nSPS) is 18.8. The minimum Gasteiger partial charge on any atom is -0.348 e. The summed E-state index contributed by atoms with van der Waals surface area (Å²) in [5.41, 5.74) is 4.88. The van der Waals surface area contributed by atoms with Crippen molar-refractivity contribution in [3.8, 4) is 0 Å². The number of H-pyrrole nitrogens is 1. The van der Waals surface area contributed by atoms with Crippen LogP contribution in [0.25, 0.3) is 16.5 Å². The maximum absolute atomic E-state index is 13.9. The van der Waals surface area contributed by atoms with Crippen LogP contribution in [-0.4, -0.2) is 55.6 Å². The monoisotopic (exact) mass is 600 g/mol. The number of nitrogens with one attached hydrogen (secondary N) is 3. The Morgan fingerprint density at radius 2 is 1.75 bits per heavy atom. The molecular formula is C35H48N6O3. The fraction of sp³-hybridized carbons (Fsp3) is 0.543. The van der Waals surface area contributed by atoms with Crippen molar-refractivity contribution in [2.24, 2.45) is 5.41 Å². The highest BCUT2D eigenvalue weighted by Crippen LogP contribution is 2.37. The minimum atomic E-state index is -0.408. The first-order chi connectivity index (χ1) is 20.4. The van der Waals surface area contributed by atoms with Gasteiger partial charge in [0.05, 0.1) is 23.3 Å². The number of nitrogens with zero attached hydrogens (tertiary/aromatic N) is 3. The number of rotatable bonds is 5. The van der Waals surface area contributed by atoms with Gasteiger partial charge in [-0.25, -0.2) is 0 Å². The van der Waals surface area contributed by atoms with Crippen molar-refractivity contribution in [1.82, 2.24) is 30.3 Å². The molecule has 4 heterocycles. The second kappa shape index (κ2) is 11.3. The highest BCUT2D eigenvalue weighted by Gasteiger charge is 2.34. The Bertz CT molecular complexity index is 1690. The van der Waals surface area contributed by atoms with E-state index in [1.165, 1.54) is 5.57 Å². The van der Waals surface area contributed by atoms with Crippen LogP contribution in [0.1, 0.15) is 107 Å². The van der Waals surface area contributed by atoms with Crippen LogP contribution in [0.2, 0.25) is 0 Å². The van der Waals surface area contributed by atoms with Crippen molar-refractivity contribution in [2.45, 2.75) is 105 Å². The summed E-state index contributed by atoms with van der Waals surface area (Å²) in [6, 6.07) is 6.18. The molecule has 2 aliphatic rings. The smallest absolute Gasteiger partial charge is 0.253 e. The fourth-order valence-electron chi connectivity index (χ4n) is 7.06. The molecule has 2 amide bonds. The predicted molar refractivity (Wildman–Crippen MR) is 176 cm³/mol. The highest BCUT2D eigenvalue weighted by atomic mass is 16.2. The van der Waals surface area contributed by atoms with Gasteiger partial charge in [0.15, 0.2) is 0 Å². The molecule has 236 valence electrons. The number of likely N-dealkylation sites (tertiary alicyclic amines) is 1. The van der Waals surface area contributed by atoms with Crippen LogP contribution in [0.5, 0.6) is 0 Å². The Kier molecular flexibility index (Phi) is 8.16. The van der Waals surface area contributed by atoms with E-state index < -0.39 is 5.41 Å². The number of amides is 2. The van der Waals surface area contributed by atoms with Crippen LogP contribution >= 0.6 is 0 Å². The van der Waals surface area contributed by atoms with E-state index in [9.17, 15) is 14.4 Å². The molecule has 3 N–H and O–H groups in total. The molecule has 9 heteroatoms. The fourth-order valence-corrected chi connectivity index (χ4v) is 7.06. The van der Waals surface area contributed by atoms with Gasteiger partial charge in [0.1, 0.15) is 0 Å². The lowest BCUT2D eigenvalue weighted by Crippen LogP contribution is -2.53. The van der Waals surface area contributed by atoms with E-state index in [0.29, 0.717) is 24.2 Å². The average Bonchev–Trinajstić information content (AvgIpc) is 3.33. The third-order valence-electron chi connectivity index (χ3n) is 8.82. The molecule has 0 aliphatic carbocycles. The number of carbonyl (C=O) groups excluding carboxylic acids is 2. The molecule has 2 aromatic heterocycles. The van der Waals surface area contributed by atoms with Gasteiger partial charge in [-0.15, -0.1) is 0 Å². The van der Waals surface area contributed by atoms with Crippen molar-refractivity contribution in [2.75, 3.05) is 13.1 Å². The second-order valence-electron chi connectivity index (χ2n) is 15.0. The first-order valence-corrected chi connectivity index (χ1v) is 15.7. The molecule has 44 heavy (non-hydrogen) atoms. The van der Waals surface area contributed by atoms with E-state index in [0.717, 1.165) is 47.0 Å². The zero-order valence-corrected chi connectivity index (χ0v) is 27.8. The van der Waals surface area contributed by atoms with Crippen LogP contribution in [0.4, 0.5) is 0 Å². The summed E-state index contributed by atoms with van der Waals surface area (Å²) in [6.45, 7) is 19.8. The number of piperidine rings is 1. The molecule has 0 spiro atoms. The number of benzene rings is 1. The standard InChI is InChI=1S/C35H48N6O3/c1-21-14-22(2)38-31(43)27(21)19-36-30(42)26-15-23(24-17-34(6,7)39-35(8,9)18-24)16-29-28(26)20-37-41(29)25-10-12-40(13-11-25)32(44)33(3,4)5/h14-17,20,25,39H,10-13,18-19H2,1-9H3,(H,36,42)(H,38,43). The van der Waals surface area contributed by atoms with Gasteiger partial charge in [0, 0.05) is 52.8 Å². The number of aryl methyl sites for hydroxylation is 2. The zero-order valence-electron chi connectivity index (χ0n) is 27.8. The molecule has 9 nitrogen and oxygen atoms in total. The van der Waals surface area contributed by atoms with E-state index in [-0.39, 0.29) is 41.0 Å². The Morgan fingerprint density at radius 3 is 2.36 bits per heavy atom. The number of pyridine rings is 1. The molecule has 1 saturated heterocycles. The van der Waals surface area contributed by atoms with Gasteiger partial charge >= 0.3 is 0 Å². The van der Waals surface area contributed by atoms with E-state index in [4.69, 9.17) is 5.10 Å². The molecule has 0 bridgehead atoms. The van der Waals surface area contributed by atoms with Gasteiger partial charge in [-0.3, -0.25) is 19.1 Å². The molecule has 0 atom stereocenters. The van der Waals surface area contributed by atoms with Gasteiger partial charge in [-0.05, 0) is 95.7 Å². The maximum Gasteiger partial charge on any atom is 0.253 e. The summed E-state index contributed by atoms with van der Waals surface area (Å²) < 4.78 is 2.06. The Balaban J connectivity index is 1.53.